The SMILES string of the molecule is CC1(C)OC[C@H](CCNc2ccc(CCO)cc2)O1. The van der Waals surface area contributed by atoms with Gasteiger partial charge in [0.1, 0.15) is 0 Å². The van der Waals surface area contributed by atoms with Gasteiger partial charge < -0.3 is 19.9 Å². The summed E-state index contributed by atoms with van der Waals surface area (Å²) < 4.78 is 11.3. The normalized spacial score (nSPS) is 21.5. The van der Waals surface area contributed by atoms with Crippen LogP contribution in [-0.2, 0) is 15.9 Å². The molecular formula is C15H23NO3. The minimum atomic E-state index is -0.434. The molecule has 1 heterocycles. The third kappa shape index (κ3) is 4.49. The third-order valence-corrected chi connectivity index (χ3v) is 3.22. The number of anilines is 1. The van der Waals surface area contributed by atoms with E-state index in [4.69, 9.17) is 14.6 Å². The minimum absolute atomic E-state index is 0.177. The Labute approximate surface area is 114 Å². The molecule has 1 aliphatic rings. The van der Waals surface area contributed by atoms with E-state index in [2.05, 4.69) is 5.32 Å². The highest BCUT2D eigenvalue weighted by molar-refractivity contribution is 5.44. The molecule has 4 nitrogen and oxygen atoms in total. The Kier molecular flexibility index (Phi) is 4.80. The first-order valence-electron chi connectivity index (χ1n) is 6.84. The van der Waals surface area contributed by atoms with Crippen LogP contribution in [0.4, 0.5) is 5.69 Å². The average Bonchev–Trinajstić information content (AvgIpc) is 2.72. The van der Waals surface area contributed by atoms with Gasteiger partial charge in [0.15, 0.2) is 5.79 Å². The van der Waals surface area contributed by atoms with Crippen LogP contribution >= 0.6 is 0 Å². The molecule has 2 N–H and O–H groups in total. The van der Waals surface area contributed by atoms with Crippen molar-refractivity contribution < 1.29 is 14.6 Å². The lowest BCUT2D eigenvalue weighted by Crippen LogP contribution is -2.22. The van der Waals surface area contributed by atoms with Gasteiger partial charge in [-0.25, -0.2) is 0 Å². The zero-order valence-electron chi connectivity index (χ0n) is 11.7. The van der Waals surface area contributed by atoms with Crippen LogP contribution in [0.3, 0.4) is 0 Å². The largest absolute Gasteiger partial charge is 0.396 e. The summed E-state index contributed by atoms with van der Waals surface area (Å²) in [4.78, 5) is 0. The number of rotatable bonds is 6. The second-order valence-electron chi connectivity index (χ2n) is 5.34. The molecule has 4 heteroatoms. The van der Waals surface area contributed by atoms with Gasteiger partial charge in [0.25, 0.3) is 0 Å². The summed E-state index contributed by atoms with van der Waals surface area (Å²) in [7, 11) is 0. The molecule has 0 bridgehead atoms. The summed E-state index contributed by atoms with van der Waals surface area (Å²) in [6, 6.07) is 8.16. The van der Waals surface area contributed by atoms with E-state index in [1.165, 1.54) is 0 Å². The highest BCUT2D eigenvalue weighted by atomic mass is 16.7. The topological polar surface area (TPSA) is 50.7 Å². The van der Waals surface area contributed by atoms with Gasteiger partial charge in [-0.1, -0.05) is 12.1 Å². The van der Waals surface area contributed by atoms with Gasteiger partial charge in [0.05, 0.1) is 12.7 Å². The predicted octanol–water partition coefficient (Wildman–Crippen LogP) is 2.17. The first-order chi connectivity index (χ1) is 9.09. The van der Waals surface area contributed by atoms with Crippen molar-refractivity contribution in [3.05, 3.63) is 29.8 Å². The van der Waals surface area contributed by atoms with Crippen LogP contribution in [0.15, 0.2) is 24.3 Å². The predicted molar refractivity (Wildman–Crippen MR) is 75.2 cm³/mol. The van der Waals surface area contributed by atoms with E-state index in [0.717, 1.165) is 24.2 Å². The lowest BCUT2D eigenvalue weighted by molar-refractivity contribution is -0.138. The van der Waals surface area contributed by atoms with Crippen molar-refractivity contribution in [2.75, 3.05) is 25.1 Å². The Hall–Kier alpha value is -1.10. The van der Waals surface area contributed by atoms with E-state index in [1.807, 2.05) is 38.1 Å². The first-order valence-corrected chi connectivity index (χ1v) is 6.84. The second kappa shape index (κ2) is 6.37. The van der Waals surface area contributed by atoms with Gasteiger partial charge in [-0.2, -0.15) is 0 Å². The van der Waals surface area contributed by atoms with Crippen molar-refractivity contribution in [1.29, 1.82) is 0 Å². The number of ether oxygens (including phenoxy) is 2. The number of hydrogen-bond donors (Lipinski definition) is 2. The van der Waals surface area contributed by atoms with Gasteiger partial charge in [-0.15, -0.1) is 0 Å². The molecule has 0 spiro atoms. The first kappa shape index (κ1) is 14.3. The molecule has 0 aliphatic carbocycles. The maximum Gasteiger partial charge on any atom is 0.163 e. The maximum absolute atomic E-state index is 8.85. The molecule has 1 saturated heterocycles. The molecule has 19 heavy (non-hydrogen) atoms. The van der Waals surface area contributed by atoms with Crippen molar-refractivity contribution in [3.63, 3.8) is 0 Å². The Morgan fingerprint density at radius 2 is 2.05 bits per heavy atom. The maximum atomic E-state index is 8.85. The Morgan fingerprint density at radius 3 is 2.63 bits per heavy atom. The van der Waals surface area contributed by atoms with Crippen LogP contribution in [0.1, 0.15) is 25.8 Å². The van der Waals surface area contributed by atoms with Crippen LogP contribution in [0.2, 0.25) is 0 Å². The highest BCUT2D eigenvalue weighted by Gasteiger charge is 2.31. The third-order valence-electron chi connectivity index (χ3n) is 3.22. The lowest BCUT2D eigenvalue weighted by atomic mass is 10.1. The molecule has 1 aliphatic heterocycles. The van der Waals surface area contributed by atoms with E-state index >= 15 is 0 Å². The van der Waals surface area contributed by atoms with Crippen LogP contribution in [0, 0.1) is 0 Å². The number of benzene rings is 1. The molecular weight excluding hydrogens is 242 g/mol. The lowest BCUT2D eigenvalue weighted by Gasteiger charge is -2.17. The number of aliphatic hydroxyl groups is 1. The van der Waals surface area contributed by atoms with Gasteiger partial charge in [0, 0.05) is 18.8 Å². The quantitative estimate of drug-likeness (QED) is 0.827. The molecule has 0 radical (unpaired) electrons. The van der Waals surface area contributed by atoms with Gasteiger partial charge in [-0.3, -0.25) is 0 Å². The van der Waals surface area contributed by atoms with E-state index in [9.17, 15) is 0 Å². The van der Waals surface area contributed by atoms with Crippen LogP contribution in [0.5, 0.6) is 0 Å². The molecule has 0 amide bonds. The molecule has 2 rings (SSSR count). The van der Waals surface area contributed by atoms with E-state index < -0.39 is 5.79 Å². The molecule has 0 saturated carbocycles. The molecule has 1 aromatic carbocycles. The minimum Gasteiger partial charge on any atom is -0.396 e. The molecule has 106 valence electrons. The van der Waals surface area contributed by atoms with Crippen molar-refractivity contribution in [3.8, 4) is 0 Å². The zero-order chi connectivity index (χ0) is 13.7. The standard InChI is InChI=1S/C15H23NO3/c1-15(2)18-11-14(19-15)7-9-16-13-5-3-12(4-6-13)8-10-17/h3-6,14,16-17H,7-11H2,1-2H3/t14-/m0/s1. The summed E-state index contributed by atoms with van der Waals surface area (Å²) in [5.74, 6) is -0.434. The summed E-state index contributed by atoms with van der Waals surface area (Å²) in [6.45, 7) is 5.62. The average molecular weight is 265 g/mol. The number of aliphatic hydroxyl groups excluding tert-OH is 1. The zero-order valence-corrected chi connectivity index (χ0v) is 11.7. The highest BCUT2D eigenvalue weighted by Crippen LogP contribution is 2.24. The Bertz CT molecular complexity index is 389. The van der Waals surface area contributed by atoms with E-state index in [-0.39, 0.29) is 12.7 Å². The van der Waals surface area contributed by atoms with Gasteiger partial charge in [0.2, 0.25) is 0 Å². The smallest absolute Gasteiger partial charge is 0.163 e. The fraction of sp³-hybridized carbons (Fsp3) is 0.600. The summed E-state index contributed by atoms with van der Waals surface area (Å²) in [5, 5.41) is 12.2. The van der Waals surface area contributed by atoms with Crippen molar-refractivity contribution in [2.45, 2.75) is 38.6 Å². The van der Waals surface area contributed by atoms with Crippen LogP contribution in [-0.4, -0.2) is 36.8 Å². The summed E-state index contributed by atoms with van der Waals surface area (Å²) in [5.41, 5.74) is 2.25. The van der Waals surface area contributed by atoms with Crippen molar-refractivity contribution >= 4 is 5.69 Å². The summed E-state index contributed by atoms with van der Waals surface area (Å²) in [6.07, 6.45) is 1.82. The summed E-state index contributed by atoms with van der Waals surface area (Å²) >= 11 is 0. The van der Waals surface area contributed by atoms with Crippen LogP contribution < -0.4 is 5.32 Å². The van der Waals surface area contributed by atoms with Crippen LogP contribution in [0.25, 0.3) is 0 Å². The van der Waals surface area contributed by atoms with E-state index in [0.29, 0.717) is 13.0 Å². The van der Waals surface area contributed by atoms with Crippen molar-refractivity contribution in [2.24, 2.45) is 0 Å². The van der Waals surface area contributed by atoms with Crippen molar-refractivity contribution in [1.82, 2.24) is 0 Å². The molecule has 0 unspecified atom stereocenters. The Morgan fingerprint density at radius 1 is 1.32 bits per heavy atom. The molecule has 1 fully saturated rings. The second-order valence-corrected chi connectivity index (χ2v) is 5.34. The molecule has 1 atom stereocenters. The fourth-order valence-corrected chi connectivity index (χ4v) is 2.20. The molecule has 0 aromatic heterocycles. The van der Waals surface area contributed by atoms with E-state index in [1.54, 1.807) is 0 Å². The van der Waals surface area contributed by atoms with Gasteiger partial charge >= 0.3 is 0 Å². The number of nitrogens with one attached hydrogen (secondary N) is 1. The number of hydrogen-bond acceptors (Lipinski definition) is 4. The van der Waals surface area contributed by atoms with Gasteiger partial charge in [-0.05, 0) is 44.4 Å². The Balaban J connectivity index is 1.71. The fourth-order valence-electron chi connectivity index (χ4n) is 2.20. The monoisotopic (exact) mass is 265 g/mol. The molecule has 1 aromatic rings.